The molecular weight excluding hydrogens is 638 g/mol. The maximum absolute atomic E-state index is 17.0. The molecule has 0 aliphatic carbocycles. The summed E-state index contributed by atoms with van der Waals surface area (Å²) in [5.74, 6) is -2.48. The number of benzene rings is 2. The number of nitrogens with zero attached hydrogens (tertiary/aromatic N) is 5. The molecule has 2 aromatic carbocycles. The molecule has 2 aliphatic rings. The topological polar surface area (TPSA) is 79.4 Å². The Morgan fingerprint density at radius 3 is 2.58 bits per heavy atom. The van der Waals surface area contributed by atoms with Gasteiger partial charge in [0.15, 0.2) is 5.82 Å². The molecule has 0 saturated carbocycles. The summed E-state index contributed by atoms with van der Waals surface area (Å²) < 4.78 is 99.4. The standard InChI is InChI=1S/C34H40F6N6O2/c1-6-19(4)15-45(14-18(2)3)31-22-11-24(36)27(26-23-13-41-44-25(23)10-20(5)30(26)48-34(38,39)40)28(37)29(22)42-32(43-31)47-17-33-8-7-9-46(33)16-21(35)12-33/h10-11,13,18-19,21H,6-9,12,14-17H2,1-5H3,(H,41,44)/t19-,21-,33+/m1/s1. The number of halogens is 6. The van der Waals surface area contributed by atoms with E-state index in [4.69, 9.17) is 9.72 Å². The predicted molar refractivity (Wildman–Crippen MR) is 171 cm³/mol. The largest absolute Gasteiger partial charge is 0.573 e. The first-order valence-electron chi connectivity index (χ1n) is 16.4. The number of aromatic nitrogens is 4. The van der Waals surface area contributed by atoms with Crippen LogP contribution in [0.3, 0.4) is 0 Å². The summed E-state index contributed by atoms with van der Waals surface area (Å²) in [4.78, 5) is 13.1. The van der Waals surface area contributed by atoms with E-state index in [1.54, 1.807) is 0 Å². The lowest BCUT2D eigenvalue weighted by molar-refractivity contribution is -0.274. The number of hydrogen-bond acceptors (Lipinski definition) is 7. The quantitative estimate of drug-likeness (QED) is 0.161. The minimum Gasteiger partial charge on any atom is -0.461 e. The molecule has 2 aromatic heterocycles. The van der Waals surface area contributed by atoms with Crippen LogP contribution in [0.2, 0.25) is 0 Å². The van der Waals surface area contributed by atoms with Gasteiger partial charge in [-0.15, -0.1) is 13.2 Å². The second kappa shape index (κ2) is 12.9. The van der Waals surface area contributed by atoms with E-state index in [1.165, 1.54) is 19.2 Å². The molecule has 8 nitrogen and oxygen atoms in total. The van der Waals surface area contributed by atoms with Gasteiger partial charge in [0.2, 0.25) is 0 Å². The van der Waals surface area contributed by atoms with Crippen LogP contribution in [0.5, 0.6) is 11.8 Å². The molecule has 2 fully saturated rings. The summed E-state index contributed by atoms with van der Waals surface area (Å²) >= 11 is 0. The molecule has 14 heteroatoms. The van der Waals surface area contributed by atoms with Crippen molar-refractivity contribution in [3.05, 3.63) is 35.5 Å². The van der Waals surface area contributed by atoms with Crippen molar-refractivity contribution in [3.63, 3.8) is 0 Å². The number of anilines is 1. The molecule has 0 amide bonds. The number of rotatable bonds is 11. The number of aryl methyl sites for hydroxylation is 1. The van der Waals surface area contributed by atoms with Crippen molar-refractivity contribution >= 4 is 27.6 Å². The van der Waals surface area contributed by atoms with Gasteiger partial charge in [0.25, 0.3) is 0 Å². The second-order valence-electron chi connectivity index (χ2n) is 13.7. The van der Waals surface area contributed by atoms with Gasteiger partial charge >= 0.3 is 12.4 Å². The van der Waals surface area contributed by atoms with Crippen LogP contribution >= 0.6 is 0 Å². The summed E-state index contributed by atoms with van der Waals surface area (Å²) in [5, 5.41) is 6.64. The van der Waals surface area contributed by atoms with E-state index in [-0.39, 0.29) is 57.6 Å². The number of aromatic amines is 1. The van der Waals surface area contributed by atoms with E-state index in [2.05, 4.69) is 31.7 Å². The van der Waals surface area contributed by atoms with Crippen LogP contribution < -0.4 is 14.4 Å². The molecule has 4 aromatic rings. The molecule has 3 atom stereocenters. The first kappa shape index (κ1) is 34.1. The Hall–Kier alpha value is -3.81. The van der Waals surface area contributed by atoms with Crippen LogP contribution in [-0.4, -0.2) is 75.9 Å². The fourth-order valence-electron chi connectivity index (χ4n) is 7.24. The number of hydrogen-bond donors (Lipinski definition) is 1. The number of ether oxygens (including phenoxy) is 2. The molecule has 0 spiro atoms. The average Bonchev–Trinajstić information content (AvgIpc) is 3.70. The van der Waals surface area contributed by atoms with Gasteiger partial charge in [0.1, 0.15) is 35.7 Å². The van der Waals surface area contributed by atoms with E-state index < -0.39 is 46.6 Å². The van der Waals surface area contributed by atoms with E-state index >= 15 is 8.78 Å². The predicted octanol–water partition coefficient (Wildman–Crippen LogP) is 8.12. The summed E-state index contributed by atoms with van der Waals surface area (Å²) in [6.07, 6.45) is -2.20. The SMILES string of the molecule is CC[C@@H](C)CN(CC(C)C)c1nc(OC[C@@]23CCCN2C[C@H](F)C3)nc2c(F)c(-c3c(OC(F)(F)F)c(C)cc4[nH]ncc34)c(F)cc12. The fourth-order valence-corrected chi connectivity index (χ4v) is 7.24. The zero-order valence-corrected chi connectivity index (χ0v) is 27.6. The van der Waals surface area contributed by atoms with Gasteiger partial charge in [-0.3, -0.25) is 10.00 Å². The maximum atomic E-state index is 17.0. The summed E-state index contributed by atoms with van der Waals surface area (Å²) in [7, 11) is 0. The molecule has 1 N–H and O–H groups in total. The van der Waals surface area contributed by atoms with Gasteiger partial charge in [0, 0.05) is 42.4 Å². The van der Waals surface area contributed by atoms with E-state index in [0.29, 0.717) is 26.1 Å². The van der Waals surface area contributed by atoms with Crippen molar-refractivity contribution in [1.29, 1.82) is 0 Å². The van der Waals surface area contributed by atoms with Crippen molar-refractivity contribution in [3.8, 4) is 22.9 Å². The molecule has 0 radical (unpaired) electrons. The summed E-state index contributed by atoms with van der Waals surface area (Å²) in [6, 6.07) is 2.25. The Labute approximate surface area is 274 Å². The Bertz CT molecular complexity index is 1810. The first-order chi connectivity index (χ1) is 22.7. The average molecular weight is 679 g/mol. The fraction of sp³-hybridized carbons (Fsp3) is 0.559. The van der Waals surface area contributed by atoms with E-state index in [1.807, 2.05) is 25.7 Å². The molecular formula is C34H40F6N6O2. The molecule has 260 valence electrons. The van der Waals surface area contributed by atoms with Gasteiger partial charge in [-0.1, -0.05) is 34.1 Å². The minimum absolute atomic E-state index is 0.00913. The van der Waals surface area contributed by atoms with Crippen LogP contribution in [0.15, 0.2) is 18.3 Å². The van der Waals surface area contributed by atoms with Crippen LogP contribution in [0.1, 0.15) is 58.9 Å². The highest BCUT2D eigenvalue weighted by Crippen LogP contribution is 2.46. The van der Waals surface area contributed by atoms with Gasteiger partial charge in [-0.05, 0) is 55.8 Å². The smallest absolute Gasteiger partial charge is 0.461 e. The second-order valence-corrected chi connectivity index (χ2v) is 13.7. The Morgan fingerprint density at radius 2 is 1.88 bits per heavy atom. The number of H-pyrrole nitrogens is 1. The van der Waals surface area contributed by atoms with Gasteiger partial charge in [-0.25, -0.2) is 13.2 Å². The zero-order chi connectivity index (χ0) is 34.5. The summed E-state index contributed by atoms with van der Waals surface area (Å²) in [5.41, 5.74) is -1.81. The molecule has 2 saturated heterocycles. The lowest BCUT2D eigenvalue weighted by atomic mass is 9.95. The highest BCUT2D eigenvalue weighted by Gasteiger charge is 2.49. The van der Waals surface area contributed by atoms with Gasteiger partial charge in [-0.2, -0.15) is 15.1 Å². The number of nitrogens with one attached hydrogen (secondary N) is 1. The Balaban J connectivity index is 1.57. The van der Waals surface area contributed by atoms with Crippen molar-refractivity contribution in [2.45, 2.75) is 78.4 Å². The first-order valence-corrected chi connectivity index (χ1v) is 16.4. The Kier molecular flexibility index (Phi) is 9.16. The normalized spacial score (nSPS) is 20.6. The number of alkyl halides is 4. The van der Waals surface area contributed by atoms with Crippen molar-refractivity contribution in [1.82, 2.24) is 25.1 Å². The number of fused-ring (bicyclic) bond motifs is 3. The monoisotopic (exact) mass is 678 g/mol. The third-order valence-electron chi connectivity index (χ3n) is 9.54. The van der Waals surface area contributed by atoms with Crippen molar-refractivity contribution in [2.24, 2.45) is 11.8 Å². The molecule has 2 aliphatic heterocycles. The molecule has 4 heterocycles. The van der Waals surface area contributed by atoms with Crippen LogP contribution in [0, 0.1) is 30.4 Å². The van der Waals surface area contributed by atoms with Crippen LogP contribution in [0.25, 0.3) is 32.9 Å². The lowest BCUT2D eigenvalue weighted by Gasteiger charge is -2.32. The third-order valence-corrected chi connectivity index (χ3v) is 9.54. The van der Waals surface area contributed by atoms with Crippen LogP contribution in [-0.2, 0) is 0 Å². The minimum atomic E-state index is -5.14. The zero-order valence-electron chi connectivity index (χ0n) is 27.6. The molecule has 48 heavy (non-hydrogen) atoms. The van der Waals surface area contributed by atoms with E-state index in [9.17, 15) is 17.6 Å². The van der Waals surface area contributed by atoms with Gasteiger partial charge in [0.05, 0.1) is 22.8 Å². The third kappa shape index (κ3) is 6.47. The van der Waals surface area contributed by atoms with Gasteiger partial charge < -0.3 is 14.4 Å². The highest BCUT2D eigenvalue weighted by atomic mass is 19.4. The van der Waals surface area contributed by atoms with Crippen molar-refractivity contribution < 1.29 is 35.8 Å². The summed E-state index contributed by atoms with van der Waals surface area (Å²) in [6.45, 7) is 11.6. The Morgan fingerprint density at radius 1 is 1.10 bits per heavy atom. The van der Waals surface area contributed by atoms with Crippen LogP contribution in [0.4, 0.5) is 32.2 Å². The molecule has 6 rings (SSSR count). The lowest BCUT2D eigenvalue weighted by Crippen LogP contribution is -2.43. The maximum Gasteiger partial charge on any atom is 0.573 e. The highest BCUT2D eigenvalue weighted by molar-refractivity contribution is 6.02. The van der Waals surface area contributed by atoms with Crippen molar-refractivity contribution in [2.75, 3.05) is 37.7 Å². The molecule has 0 unspecified atom stereocenters. The van der Waals surface area contributed by atoms with E-state index in [0.717, 1.165) is 31.9 Å². The molecule has 0 bridgehead atoms.